The van der Waals surface area contributed by atoms with Gasteiger partial charge in [0.2, 0.25) is 0 Å². The fourth-order valence-corrected chi connectivity index (χ4v) is 2.97. The van der Waals surface area contributed by atoms with Gasteiger partial charge in [0.25, 0.3) is 5.56 Å². The summed E-state index contributed by atoms with van der Waals surface area (Å²) in [7, 11) is 1.74. The normalized spacial score (nSPS) is 10.2. The second-order valence-electron chi connectivity index (χ2n) is 6.42. The molecule has 28 heavy (non-hydrogen) atoms. The monoisotopic (exact) mass is 395 g/mol. The predicted octanol–water partition coefficient (Wildman–Crippen LogP) is 4.48. The summed E-state index contributed by atoms with van der Waals surface area (Å²) >= 11 is 1.21. The molecule has 3 rings (SSSR count). The SMILES string of the molecule is C=NC(=C)C.Cc1cc2ccn(C)c(=O)c2c(Nc2ccc(C)c(SN)c2)n1. The molecule has 3 N–H and O–H groups in total. The van der Waals surface area contributed by atoms with Crippen molar-refractivity contribution in [2.24, 2.45) is 17.2 Å². The number of pyridine rings is 2. The second-order valence-corrected chi connectivity index (χ2v) is 7.10. The molecule has 0 amide bonds. The van der Waals surface area contributed by atoms with E-state index in [1.807, 2.05) is 44.2 Å². The van der Waals surface area contributed by atoms with Crippen molar-refractivity contribution in [1.29, 1.82) is 0 Å². The number of hydrogen-bond donors (Lipinski definition) is 2. The van der Waals surface area contributed by atoms with Gasteiger partial charge in [-0.15, -0.1) is 0 Å². The molecule has 0 fully saturated rings. The minimum Gasteiger partial charge on any atom is -0.340 e. The number of anilines is 2. The predicted molar refractivity (Wildman–Crippen MR) is 121 cm³/mol. The van der Waals surface area contributed by atoms with Gasteiger partial charge in [0.15, 0.2) is 0 Å². The fourth-order valence-electron chi connectivity index (χ4n) is 2.52. The van der Waals surface area contributed by atoms with Gasteiger partial charge in [0.1, 0.15) is 5.82 Å². The van der Waals surface area contributed by atoms with Crippen LogP contribution in [0.2, 0.25) is 0 Å². The van der Waals surface area contributed by atoms with E-state index < -0.39 is 0 Å². The van der Waals surface area contributed by atoms with Gasteiger partial charge in [-0.25, -0.2) is 4.98 Å². The first-order valence-corrected chi connectivity index (χ1v) is 9.48. The highest BCUT2D eigenvalue weighted by Crippen LogP contribution is 2.26. The number of aromatic nitrogens is 2. The van der Waals surface area contributed by atoms with Gasteiger partial charge in [-0.3, -0.25) is 14.9 Å². The van der Waals surface area contributed by atoms with E-state index in [4.69, 9.17) is 5.14 Å². The Morgan fingerprint density at radius 1 is 1.29 bits per heavy atom. The van der Waals surface area contributed by atoms with Gasteiger partial charge in [0.05, 0.1) is 5.39 Å². The number of fused-ring (bicyclic) bond motifs is 1. The first-order chi connectivity index (χ1) is 13.3. The van der Waals surface area contributed by atoms with Crippen LogP contribution in [0.15, 0.2) is 63.5 Å². The van der Waals surface area contributed by atoms with E-state index in [-0.39, 0.29) is 5.56 Å². The van der Waals surface area contributed by atoms with E-state index >= 15 is 0 Å². The number of nitrogens with two attached hydrogens (primary N) is 1. The van der Waals surface area contributed by atoms with Crippen molar-refractivity contribution in [3.05, 3.63) is 70.4 Å². The molecule has 0 atom stereocenters. The highest BCUT2D eigenvalue weighted by atomic mass is 32.2. The summed E-state index contributed by atoms with van der Waals surface area (Å²) in [5, 5.41) is 10.4. The molecule has 2 heterocycles. The van der Waals surface area contributed by atoms with Gasteiger partial charge >= 0.3 is 0 Å². The van der Waals surface area contributed by atoms with Crippen LogP contribution in [0.1, 0.15) is 18.2 Å². The van der Waals surface area contributed by atoms with E-state index in [1.165, 1.54) is 11.9 Å². The largest absolute Gasteiger partial charge is 0.340 e. The molecule has 146 valence electrons. The van der Waals surface area contributed by atoms with E-state index in [1.54, 1.807) is 24.7 Å². The maximum absolute atomic E-state index is 12.5. The summed E-state index contributed by atoms with van der Waals surface area (Å²) < 4.78 is 1.56. The topological polar surface area (TPSA) is 85.3 Å². The standard InChI is InChI=1S/C17H18N4OS.C4H7N/c1-10-4-5-13(9-14(10)23-18)20-16-15-12(8-11(2)19-16)6-7-21(3)17(15)22;1-4(2)5-3/h4-9H,18H2,1-3H3,(H,19,20);1,3H2,2H3. The van der Waals surface area contributed by atoms with Crippen LogP contribution >= 0.6 is 11.9 Å². The van der Waals surface area contributed by atoms with Crippen LogP contribution in [-0.2, 0) is 7.05 Å². The van der Waals surface area contributed by atoms with Crippen LogP contribution in [0.5, 0.6) is 0 Å². The molecule has 3 aromatic rings. The Bertz CT molecular complexity index is 1090. The highest BCUT2D eigenvalue weighted by Gasteiger charge is 2.10. The second kappa shape index (κ2) is 9.34. The minimum atomic E-state index is -0.0713. The molecular formula is C21H25N5OS. The Hall–Kier alpha value is -2.90. The molecule has 0 saturated carbocycles. The maximum atomic E-state index is 12.5. The molecule has 0 aliphatic heterocycles. The Kier molecular flexibility index (Phi) is 7.14. The number of aryl methyl sites for hydroxylation is 3. The van der Waals surface area contributed by atoms with Crippen LogP contribution in [-0.4, -0.2) is 16.3 Å². The number of rotatable bonds is 4. The number of allylic oxidation sites excluding steroid dienone is 1. The summed E-state index contributed by atoms with van der Waals surface area (Å²) in [6.45, 7) is 12.4. The molecule has 0 unspecified atom stereocenters. The zero-order valence-electron chi connectivity index (χ0n) is 16.6. The number of nitrogens with zero attached hydrogens (tertiary/aromatic N) is 3. The summed E-state index contributed by atoms with van der Waals surface area (Å²) in [5.74, 6) is 0.568. The maximum Gasteiger partial charge on any atom is 0.261 e. The molecule has 0 bridgehead atoms. The van der Waals surface area contributed by atoms with Gasteiger partial charge < -0.3 is 9.88 Å². The zero-order chi connectivity index (χ0) is 20.8. The summed E-state index contributed by atoms with van der Waals surface area (Å²) in [6.07, 6.45) is 1.77. The van der Waals surface area contributed by atoms with Crippen LogP contribution in [0.3, 0.4) is 0 Å². The molecule has 0 saturated heterocycles. The average molecular weight is 396 g/mol. The quantitative estimate of drug-likeness (QED) is 0.502. The van der Waals surface area contributed by atoms with Crippen molar-refractivity contribution < 1.29 is 0 Å². The summed E-state index contributed by atoms with van der Waals surface area (Å²) in [4.78, 5) is 21.4. The lowest BCUT2D eigenvalue weighted by Gasteiger charge is -2.12. The number of aliphatic imine (C=N–C) groups is 1. The fraction of sp³-hybridized carbons (Fsp3) is 0.190. The number of hydrogen-bond acceptors (Lipinski definition) is 6. The van der Waals surface area contributed by atoms with Gasteiger partial charge in [0, 0.05) is 35.2 Å². The zero-order valence-corrected chi connectivity index (χ0v) is 17.4. The van der Waals surface area contributed by atoms with Crippen LogP contribution in [0.4, 0.5) is 11.5 Å². The number of benzene rings is 1. The third-order valence-electron chi connectivity index (χ3n) is 4.04. The molecule has 1 aromatic carbocycles. The van der Waals surface area contributed by atoms with Crippen molar-refractivity contribution >= 4 is 40.9 Å². The number of nitrogens with one attached hydrogen (secondary N) is 1. The first-order valence-electron chi connectivity index (χ1n) is 8.60. The summed E-state index contributed by atoms with van der Waals surface area (Å²) in [6, 6.07) is 9.75. The molecule has 0 radical (unpaired) electrons. The first kappa shape index (κ1) is 21.4. The van der Waals surface area contributed by atoms with Crippen molar-refractivity contribution in [2.75, 3.05) is 5.32 Å². The van der Waals surface area contributed by atoms with E-state index in [2.05, 4.69) is 28.6 Å². The third-order valence-corrected chi connectivity index (χ3v) is 4.73. The van der Waals surface area contributed by atoms with E-state index in [0.717, 1.165) is 32.9 Å². The Morgan fingerprint density at radius 2 is 1.96 bits per heavy atom. The molecule has 7 heteroatoms. The van der Waals surface area contributed by atoms with Gasteiger partial charge in [-0.05, 0) is 74.7 Å². The molecule has 0 aliphatic carbocycles. The lowest BCUT2D eigenvalue weighted by molar-refractivity contribution is 0.872. The molecule has 0 aliphatic rings. The smallest absolute Gasteiger partial charge is 0.261 e. The Morgan fingerprint density at radius 3 is 2.57 bits per heavy atom. The third kappa shape index (κ3) is 5.09. The van der Waals surface area contributed by atoms with Crippen molar-refractivity contribution in [3.63, 3.8) is 0 Å². The minimum absolute atomic E-state index is 0.0713. The average Bonchev–Trinajstić information content (AvgIpc) is 2.66. The van der Waals surface area contributed by atoms with E-state index in [9.17, 15) is 4.79 Å². The highest BCUT2D eigenvalue weighted by molar-refractivity contribution is 7.97. The lowest BCUT2D eigenvalue weighted by atomic mass is 10.1. The Balaban J connectivity index is 0.000000500. The van der Waals surface area contributed by atoms with Gasteiger partial charge in [-0.1, -0.05) is 12.6 Å². The van der Waals surface area contributed by atoms with E-state index in [0.29, 0.717) is 11.2 Å². The van der Waals surface area contributed by atoms with Crippen LogP contribution < -0.4 is 16.0 Å². The molecule has 0 spiro atoms. The van der Waals surface area contributed by atoms with Crippen LogP contribution in [0, 0.1) is 13.8 Å². The van der Waals surface area contributed by atoms with Crippen molar-refractivity contribution in [3.8, 4) is 0 Å². The van der Waals surface area contributed by atoms with Crippen molar-refractivity contribution in [2.45, 2.75) is 25.7 Å². The molecule has 6 nitrogen and oxygen atoms in total. The van der Waals surface area contributed by atoms with Crippen molar-refractivity contribution in [1.82, 2.24) is 9.55 Å². The lowest BCUT2D eigenvalue weighted by Crippen LogP contribution is -2.17. The molecule has 2 aromatic heterocycles. The van der Waals surface area contributed by atoms with Gasteiger partial charge in [-0.2, -0.15) is 0 Å². The molecular weight excluding hydrogens is 370 g/mol. The Labute approximate surface area is 169 Å². The summed E-state index contributed by atoms with van der Waals surface area (Å²) in [5.41, 5.74) is 3.52. The van der Waals surface area contributed by atoms with Crippen LogP contribution in [0.25, 0.3) is 10.8 Å².